The molecule has 1 N–H and O–H groups in total. The van der Waals surface area contributed by atoms with Crippen LogP contribution in [0.25, 0.3) is 0 Å². The second-order valence-electron chi connectivity index (χ2n) is 3.78. The van der Waals surface area contributed by atoms with Gasteiger partial charge in [-0.3, -0.25) is 9.78 Å². The maximum Gasteiger partial charge on any atom is 0.256 e. The van der Waals surface area contributed by atoms with E-state index in [4.69, 9.17) is 4.74 Å². The van der Waals surface area contributed by atoms with Gasteiger partial charge in [-0.15, -0.1) is 0 Å². The molecule has 0 aliphatic rings. The minimum absolute atomic E-state index is 0.145. The lowest BCUT2D eigenvalue weighted by Crippen LogP contribution is -2.14. The first-order valence-corrected chi connectivity index (χ1v) is 5.59. The van der Waals surface area contributed by atoms with Gasteiger partial charge in [0.15, 0.2) is 0 Å². The van der Waals surface area contributed by atoms with Crippen molar-refractivity contribution in [2.45, 2.75) is 6.61 Å². The summed E-state index contributed by atoms with van der Waals surface area (Å²) in [6, 6.07) is 10.9. The van der Waals surface area contributed by atoms with Crippen LogP contribution < -0.4 is 5.32 Å². The lowest BCUT2D eigenvalue weighted by Gasteiger charge is -2.09. The molecule has 0 atom stereocenters. The van der Waals surface area contributed by atoms with Crippen LogP contribution in [0.15, 0.2) is 48.8 Å². The van der Waals surface area contributed by atoms with Crippen molar-refractivity contribution in [3.05, 3.63) is 59.9 Å². The van der Waals surface area contributed by atoms with Crippen LogP contribution in [0.5, 0.6) is 0 Å². The SMILES string of the molecule is COCc1ccccc1C(=O)Nc1ccncc1. The van der Waals surface area contributed by atoms with Crippen LogP contribution in [-0.2, 0) is 11.3 Å². The van der Waals surface area contributed by atoms with Crippen LogP contribution in [0, 0.1) is 0 Å². The van der Waals surface area contributed by atoms with Crippen LogP contribution in [0.2, 0.25) is 0 Å². The van der Waals surface area contributed by atoms with Gasteiger partial charge in [-0.25, -0.2) is 0 Å². The number of ether oxygens (including phenoxy) is 1. The summed E-state index contributed by atoms with van der Waals surface area (Å²) in [5, 5.41) is 2.82. The molecule has 1 aromatic heterocycles. The fourth-order valence-electron chi connectivity index (χ4n) is 1.66. The van der Waals surface area contributed by atoms with E-state index in [9.17, 15) is 4.79 Å². The molecule has 18 heavy (non-hydrogen) atoms. The number of hydrogen-bond acceptors (Lipinski definition) is 3. The third-order valence-electron chi connectivity index (χ3n) is 2.50. The Bertz CT molecular complexity index is 526. The van der Waals surface area contributed by atoms with Crippen LogP contribution in [0.4, 0.5) is 5.69 Å². The first-order valence-electron chi connectivity index (χ1n) is 5.59. The van der Waals surface area contributed by atoms with Crippen molar-refractivity contribution >= 4 is 11.6 Å². The summed E-state index contributed by atoms with van der Waals surface area (Å²) >= 11 is 0. The Kier molecular flexibility index (Phi) is 4.04. The quantitative estimate of drug-likeness (QED) is 0.896. The van der Waals surface area contributed by atoms with Gasteiger partial charge in [0.1, 0.15) is 0 Å². The van der Waals surface area contributed by atoms with Crippen molar-refractivity contribution in [1.29, 1.82) is 0 Å². The van der Waals surface area contributed by atoms with Crippen LogP contribution in [0.1, 0.15) is 15.9 Å². The second-order valence-corrected chi connectivity index (χ2v) is 3.78. The maximum atomic E-state index is 12.1. The summed E-state index contributed by atoms with van der Waals surface area (Å²) in [4.78, 5) is 16.0. The molecule has 0 radical (unpaired) electrons. The fraction of sp³-hybridized carbons (Fsp3) is 0.143. The number of rotatable bonds is 4. The van der Waals surface area contributed by atoms with Crippen LogP contribution >= 0.6 is 0 Å². The molecule has 0 saturated carbocycles. The Morgan fingerprint density at radius 1 is 1.22 bits per heavy atom. The second kappa shape index (κ2) is 5.93. The summed E-state index contributed by atoms with van der Waals surface area (Å²) in [6.07, 6.45) is 3.27. The standard InChI is InChI=1S/C14H14N2O2/c1-18-10-11-4-2-3-5-13(11)14(17)16-12-6-8-15-9-7-12/h2-9H,10H2,1H3,(H,15,16,17). The topological polar surface area (TPSA) is 51.2 Å². The number of methoxy groups -OCH3 is 1. The van der Waals surface area contributed by atoms with Crippen molar-refractivity contribution in [3.8, 4) is 0 Å². The zero-order valence-electron chi connectivity index (χ0n) is 10.1. The molecular formula is C14H14N2O2. The molecule has 1 amide bonds. The fourth-order valence-corrected chi connectivity index (χ4v) is 1.66. The number of carbonyl (C=O) groups is 1. The molecule has 0 bridgehead atoms. The smallest absolute Gasteiger partial charge is 0.256 e. The van der Waals surface area contributed by atoms with E-state index in [1.54, 1.807) is 37.7 Å². The maximum absolute atomic E-state index is 12.1. The molecular weight excluding hydrogens is 228 g/mol. The van der Waals surface area contributed by atoms with Gasteiger partial charge >= 0.3 is 0 Å². The van der Waals surface area contributed by atoms with Gasteiger partial charge in [-0.2, -0.15) is 0 Å². The number of anilines is 1. The average molecular weight is 242 g/mol. The normalized spacial score (nSPS) is 10.1. The summed E-state index contributed by atoms with van der Waals surface area (Å²) in [5.74, 6) is -0.145. The summed E-state index contributed by atoms with van der Waals surface area (Å²) in [7, 11) is 1.61. The van der Waals surface area contributed by atoms with E-state index < -0.39 is 0 Å². The Hall–Kier alpha value is -2.20. The van der Waals surface area contributed by atoms with Gasteiger partial charge < -0.3 is 10.1 Å². The summed E-state index contributed by atoms with van der Waals surface area (Å²) < 4.78 is 5.08. The molecule has 0 aliphatic carbocycles. The van der Waals surface area contributed by atoms with Crippen molar-refractivity contribution in [3.63, 3.8) is 0 Å². The highest BCUT2D eigenvalue weighted by Crippen LogP contribution is 2.13. The number of amides is 1. The first kappa shape index (κ1) is 12.3. The van der Waals surface area contributed by atoms with Crippen LogP contribution in [0.3, 0.4) is 0 Å². The number of aromatic nitrogens is 1. The Morgan fingerprint density at radius 3 is 2.67 bits per heavy atom. The Labute approximate surface area is 106 Å². The molecule has 4 heteroatoms. The molecule has 2 aromatic rings. The highest BCUT2D eigenvalue weighted by Gasteiger charge is 2.10. The molecule has 1 heterocycles. The lowest BCUT2D eigenvalue weighted by atomic mass is 10.1. The minimum atomic E-state index is -0.145. The molecule has 0 aliphatic heterocycles. The van der Waals surface area contributed by atoms with E-state index in [0.29, 0.717) is 12.2 Å². The van der Waals surface area contributed by atoms with Crippen molar-refractivity contribution < 1.29 is 9.53 Å². The summed E-state index contributed by atoms with van der Waals surface area (Å²) in [5.41, 5.74) is 2.21. The van der Waals surface area contributed by atoms with Gasteiger partial charge in [0.05, 0.1) is 6.61 Å². The predicted octanol–water partition coefficient (Wildman–Crippen LogP) is 2.48. The molecule has 1 aromatic carbocycles. The number of benzene rings is 1. The number of pyridine rings is 1. The lowest BCUT2D eigenvalue weighted by molar-refractivity contribution is 0.102. The molecule has 4 nitrogen and oxygen atoms in total. The number of nitrogens with zero attached hydrogens (tertiary/aromatic N) is 1. The van der Waals surface area contributed by atoms with Crippen LogP contribution in [-0.4, -0.2) is 18.0 Å². The summed E-state index contributed by atoms with van der Waals surface area (Å²) in [6.45, 7) is 0.417. The predicted molar refractivity (Wildman–Crippen MR) is 69.3 cm³/mol. The molecule has 0 spiro atoms. The Balaban J connectivity index is 2.19. The number of nitrogens with one attached hydrogen (secondary N) is 1. The highest BCUT2D eigenvalue weighted by atomic mass is 16.5. The van der Waals surface area contributed by atoms with E-state index in [2.05, 4.69) is 10.3 Å². The zero-order chi connectivity index (χ0) is 12.8. The van der Waals surface area contributed by atoms with Gasteiger partial charge in [-0.1, -0.05) is 18.2 Å². The molecule has 2 rings (SSSR count). The van der Waals surface area contributed by atoms with E-state index in [-0.39, 0.29) is 5.91 Å². The Morgan fingerprint density at radius 2 is 1.94 bits per heavy atom. The van der Waals surface area contributed by atoms with Gasteiger partial charge in [0.2, 0.25) is 0 Å². The minimum Gasteiger partial charge on any atom is -0.380 e. The highest BCUT2D eigenvalue weighted by molar-refractivity contribution is 6.05. The third-order valence-corrected chi connectivity index (χ3v) is 2.50. The largest absolute Gasteiger partial charge is 0.380 e. The molecule has 0 saturated heterocycles. The molecule has 0 fully saturated rings. The average Bonchev–Trinajstić information content (AvgIpc) is 2.41. The zero-order valence-corrected chi connectivity index (χ0v) is 10.1. The number of carbonyl (C=O) groups excluding carboxylic acids is 1. The van der Waals surface area contributed by atoms with Crippen molar-refractivity contribution in [1.82, 2.24) is 4.98 Å². The third kappa shape index (κ3) is 2.93. The van der Waals surface area contributed by atoms with E-state index in [1.807, 2.05) is 18.2 Å². The van der Waals surface area contributed by atoms with E-state index >= 15 is 0 Å². The van der Waals surface area contributed by atoms with E-state index in [1.165, 1.54) is 0 Å². The molecule has 92 valence electrons. The number of hydrogen-bond donors (Lipinski definition) is 1. The monoisotopic (exact) mass is 242 g/mol. The first-order chi connectivity index (χ1) is 8.81. The van der Waals surface area contributed by atoms with Crippen molar-refractivity contribution in [2.24, 2.45) is 0 Å². The van der Waals surface area contributed by atoms with Gasteiger partial charge in [-0.05, 0) is 23.8 Å². The van der Waals surface area contributed by atoms with Crippen molar-refractivity contribution in [2.75, 3.05) is 12.4 Å². The molecule has 0 unspecified atom stereocenters. The van der Waals surface area contributed by atoms with E-state index in [0.717, 1.165) is 11.3 Å². The van der Waals surface area contributed by atoms with Gasteiger partial charge in [0, 0.05) is 30.8 Å². The van der Waals surface area contributed by atoms with Gasteiger partial charge in [0.25, 0.3) is 5.91 Å².